The fourth-order valence-corrected chi connectivity index (χ4v) is 3.43. The van der Waals surface area contributed by atoms with Crippen LogP contribution in [0.15, 0.2) is 52.2 Å². The summed E-state index contributed by atoms with van der Waals surface area (Å²) >= 11 is 0. The molecule has 0 fully saturated rings. The number of aromatic amines is 2. The number of benzene rings is 2. The summed E-state index contributed by atoms with van der Waals surface area (Å²) in [5.41, 5.74) is 1.12. The lowest BCUT2D eigenvalue weighted by Crippen LogP contribution is -2.14. The van der Waals surface area contributed by atoms with Crippen molar-refractivity contribution in [1.82, 2.24) is 9.97 Å². The maximum atomic E-state index is 12.5. The number of fused-ring (bicyclic) bond motifs is 1. The average Bonchev–Trinajstić information content (AvgIpc) is 2.93. The Morgan fingerprint density at radius 1 is 1.04 bits per heavy atom. The molecule has 0 aliphatic rings. The van der Waals surface area contributed by atoms with Crippen molar-refractivity contribution in [3.63, 3.8) is 0 Å². The van der Waals surface area contributed by atoms with Crippen LogP contribution >= 0.6 is 0 Å². The molecule has 0 radical (unpaired) electrons. The SMILES string of the molecule is CC(C)OC(=O)c1ccc(NS(=O)(=O)c2ccc3[nH]c(=O)[nH]c3c2)cc1. The zero-order chi connectivity index (χ0) is 18.9. The summed E-state index contributed by atoms with van der Waals surface area (Å²) in [5, 5.41) is 0. The Bertz CT molecular complexity index is 1110. The van der Waals surface area contributed by atoms with Gasteiger partial charge in [0.25, 0.3) is 10.0 Å². The van der Waals surface area contributed by atoms with Crippen LogP contribution in [0, 0.1) is 0 Å². The summed E-state index contributed by atoms with van der Waals surface area (Å²) in [5.74, 6) is -0.476. The van der Waals surface area contributed by atoms with E-state index < -0.39 is 21.7 Å². The number of H-pyrrole nitrogens is 2. The molecule has 136 valence electrons. The Morgan fingerprint density at radius 2 is 1.69 bits per heavy atom. The molecular weight excluding hydrogens is 358 g/mol. The van der Waals surface area contributed by atoms with E-state index in [-0.39, 0.29) is 11.0 Å². The minimum Gasteiger partial charge on any atom is -0.459 e. The van der Waals surface area contributed by atoms with Crippen LogP contribution in [0.3, 0.4) is 0 Å². The first-order chi connectivity index (χ1) is 12.2. The summed E-state index contributed by atoms with van der Waals surface area (Å²) in [6.45, 7) is 3.49. The smallest absolute Gasteiger partial charge is 0.338 e. The zero-order valence-electron chi connectivity index (χ0n) is 14.1. The van der Waals surface area contributed by atoms with Crippen LogP contribution in [0.25, 0.3) is 11.0 Å². The molecule has 0 bridgehead atoms. The van der Waals surface area contributed by atoms with Crippen molar-refractivity contribution in [2.24, 2.45) is 0 Å². The normalized spacial score (nSPS) is 11.7. The molecule has 0 aliphatic heterocycles. The lowest BCUT2D eigenvalue weighted by atomic mass is 10.2. The molecule has 0 atom stereocenters. The quantitative estimate of drug-likeness (QED) is 0.591. The molecule has 0 saturated heterocycles. The molecule has 3 rings (SSSR count). The van der Waals surface area contributed by atoms with Crippen LogP contribution in [-0.2, 0) is 14.8 Å². The minimum atomic E-state index is -3.85. The molecule has 0 saturated carbocycles. The van der Waals surface area contributed by atoms with E-state index in [9.17, 15) is 18.0 Å². The molecule has 3 aromatic rings. The summed E-state index contributed by atoms with van der Waals surface area (Å²) < 4.78 is 32.5. The monoisotopic (exact) mass is 375 g/mol. The van der Waals surface area contributed by atoms with Crippen LogP contribution in [-0.4, -0.2) is 30.5 Å². The summed E-state index contributed by atoms with van der Waals surface area (Å²) in [7, 11) is -3.85. The topological polar surface area (TPSA) is 121 Å². The molecule has 26 heavy (non-hydrogen) atoms. The van der Waals surface area contributed by atoms with Crippen LogP contribution in [0.2, 0.25) is 0 Å². The third-order valence-corrected chi connectivity index (χ3v) is 4.89. The van der Waals surface area contributed by atoms with Crippen molar-refractivity contribution < 1.29 is 17.9 Å². The molecule has 1 aromatic heterocycles. The van der Waals surface area contributed by atoms with Gasteiger partial charge < -0.3 is 14.7 Å². The molecule has 8 nitrogen and oxygen atoms in total. The van der Waals surface area contributed by atoms with Gasteiger partial charge in [0.1, 0.15) is 0 Å². The Hall–Kier alpha value is -3.07. The van der Waals surface area contributed by atoms with E-state index in [1.807, 2.05) is 0 Å². The second-order valence-electron chi connectivity index (χ2n) is 5.92. The number of aromatic nitrogens is 2. The van der Waals surface area contributed by atoms with E-state index in [0.717, 1.165) is 0 Å². The Kier molecular flexibility index (Phi) is 4.56. The number of anilines is 1. The highest BCUT2D eigenvalue weighted by Crippen LogP contribution is 2.19. The number of esters is 1. The second kappa shape index (κ2) is 6.68. The third-order valence-electron chi connectivity index (χ3n) is 3.51. The van der Waals surface area contributed by atoms with Crippen molar-refractivity contribution in [2.45, 2.75) is 24.8 Å². The van der Waals surface area contributed by atoms with Crippen molar-refractivity contribution in [1.29, 1.82) is 0 Å². The molecule has 9 heteroatoms. The van der Waals surface area contributed by atoms with Crippen LogP contribution in [0.5, 0.6) is 0 Å². The van der Waals surface area contributed by atoms with Crippen molar-refractivity contribution in [3.8, 4) is 0 Å². The number of hydrogen-bond donors (Lipinski definition) is 3. The fraction of sp³-hybridized carbons (Fsp3) is 0.176. The van der Waals surface area contributed by atoms with Gasteiger partial charge in [-0.1, -0.05) is 0 Å². The number of ether oxygens (including phenoxy) is 1. The van der Waals surface area contributed by atoms with E-state index in [2.05, 4.69) is 14.7 Å². The number of rotatable bonds is 5. The summed E-state index contributed by atoms with van der Waals surface area (Å²) in [6.07, 6.45) is -0.240. The lowest BCUT2D eigenvalue weighted by molar-refractivity contribution is 0.0378. The number of carbonyl (C=O) groups excluding carboxylic acids is 1. The lowest BCUT2D eigenvalue weighted by Gasteiger charge is -2.10. The molecule has 2 aromatic carbocycles. The molecule has 0 spiro atoms. The molecule has 0 unspecified atom stereocenters. The van der Waals surface area contributed by atoms with Gasteiger partial charge in [0.05, 0.1) is 27.6 Å². The second-order valence-corrected chi connectivity index (χ2v) is 7.61. The average molecular weight is 375 g/mol. The predicted molar refractivity (Wildman–Crippen MR) is 96.7 cm³/mol. The maximum Gasteiger partial charge on any atom is 0.338 e. The van der Waals surface area contributed by atoms with Gasteiger partial charge in [-0.3, -0.25) is 4.72 Å². The van der Waals surface area contributed by atoms with E-state index in [4.69, 9.17) is 4.74 Å². The number of sulfonamides is 1. The van der Waals surface area contributed by atoms with E-state index in [1.54, 1.807) is 13.8 Å². The number of nitrogens with one attached hydrogen (secondary N) is 3. The van der Waals surface area contributed by atoms with Gasteiger partial charge in [-0.15, -0.1) is 0 Å². The zero-order valence-corrected chi connectivity index (χ0v) is 14.9. The fourth-order valence-electron chi connectivity index (χ4n) is 2.35. The Morgan fingerprint density at radius 3 is 2.35 bits per heavy atom. The van der Waals surface area contributed by atoms with Gasteiger partial charge >= 0.3 is 11.7 Å². The number of carbonyl (C=O) groups is 1. The van der Waals surface area contributed by atoms with Gasteiger partial charge in [-0.25, -0.2) is 18.0 Å². The standard InChI is InChI=1S/C17H17N3O5S/c1-10(2)25-16(21)11-3-5-12(6-4-11)20-26(23,24)13-7-8-14-15(9-13)19-17(22)18-14/h3-10,20H,1-2H3,(H2,18,19,22). The Balaban J connectivity index is 1.82. The molecular formula is C17H17N3O5S. The molecule has 0 aliphatic carbocycles. The van der Waals surface area contributed by atoms with Gasteiger partial charge in [0.2, 0.25) is 0 Å². The third kappa shape index (κ3) is 3.77. The van der Waals surface area contributed by atoms with Gasteiger partial charge in [-0.05, 0) is 56.3 Å². The highest BCUT2D eigenvalue weighted by Gasteiger charge is 2.16. The summed E-state index contributed by atoms with van der Waals surface area (Å²) in [6, 6.07) is 10.2. The number of hydrogen-bond acceptors (Lipinski definition) is 5. The van der Waals surface area contributed by atoms with E-state index >= 15 is 0 Å². The first-order valence-corrected chi connectivity index (χ1v) is 9.29. The van der Waals surface area contributed by atoms with Gasteiger partial charge in [0.15, 0.2) is 0 Å². The summed E-state index contributed by atoms with van der Waals surface area (Å²) in [4.78, 5) is 28.2. The van der Waals surface area contributed by atoms with E-state index in [0.29, 0.717) is 22.3 Å². The highest BCUT2D eigenvalue weighted by molar-refractivity contribution is 7.92. The molecule has 1 heterocycles. The van der Waals surface area contributed by atoms with Crippen LogP contribution in [0.1, 0.15) is 24.2 Å². The first kappa shape index (κ1) is 17.7. The van der Waals surface area contributed by atoms with Crippen molar-refractivity contribution >= 4 is 32.7 Å². The maximum absolute atomic E-state index is 12.5. The van der Waals surface area contributed by atoms with Crippen LogP contribution < -0.4 is 10.4 Å². The van der Waals surface area contributed by atoms with Crippen LogP contribution in [0.4, 0.5) is 5.69 Å². The Labute approximate surface area is 149 Å². The van der Waals surface area contributed by atoms with E-state index in [1.165, 1.54) is 42.5 Å². The minimum absolute atomic E-state index is 0.00328. The first-order valence-electron chi connectivity index (χ1n) is 7.80. The molecule has 0 amide bonds. The van der Waals surface area contributed by atoms with Gasteiger partial charge in [-0.2, -0.15) is 0 Å². The van der Waals surface area contributed by atoms with Crippen molar-refractivity contribution in [2.75, 3.05) is 4.72 Å². The number of imidazole rings is 1. The highest BCUT2D eigenvalue weighted by atomic mass is 32.2. The largest absolute Gasteiger partial charge is 0.459 e. The van der Waals surface area contributed by atoms with Gasteiger partial charge in [0, 0.05) is 5.69 Å². The predicted octanol–water partition coefficient (Wildman–Crippen LogP) is 2.22. The molecule has 3 N–H and O–H groups in total. The van der Waals surface area contributed by atoms with Crippen molar-refractivity contribution in [3.05, 3.63) is 58.5 Å².